The first-order valence-corrected chi connectivity index (χ1v) is 12.0. The molecule has 3 aromatic carbocycles. The number of nitrogens with zero attached hydrogens (tertiary/aromatic N) is 1. The third-order valence-electron chi connectivity index (χ3n) is 5.99. The molecule has 0 fully saturated rings. The van der Waals surface area contributed by atoms with Crippen LogP contribution in [0.3, 0.4) is 0 Å². The number of benzene rings is 3. The van der Waals surface area contributed by atoms with Crippen LogP contribution in [0.2, 0.25) is 0 Å². The minimum absolute atomic E-state index is 0.0195. The number of imide groups is 1. The summed E-state index contributed by atoms with van der Waals surface area (Å²) >= 11 is 0. The Bertz CT molecular complexity index is 1270. The van der Waals surface area contributed by atoms with Crippen molar-refractivity contribution in [3.8, 4) is 5.75 Å². The van der Waals surface area contributed by atoms with Gasteiger partial charge in [-0.15, -0.1) is 0 Å². The van der Waals surface area contributed by atoms with Gasteiger partial charge in [-0.25, -0.2) is 4.90 Å². The van der Waals surface area contributed by atoms with E-state index in [9.17, 15) is 9.59 Å². The van der Waals surface area contributed by atoms with E-state index in [1.165, 1.54) is 10.5 Å². The molecule has 4 rings (SSSR count). The first-order valence-electron chi connectivity index (χ1n) is 12.0. The van der Waals surface area contributed by atoms with Gasteiger partial charge in [-0.05, 0) is 54.2 Å². The molecule has 1 aliphatic rings. The Balaban J connectivity index is 1.74. The van der Waals surface area contributed by atoms with E-state index in [-0.39, 0.29) is 17.0 Å². The zero-order valence-corrected chi connectivity index (χ0v) is 21.0. The maximum absolute atomic E-state index is 13.7. The van der Waals surface area contributed by atoms with Gasteiger partial charge in [0.05, 0.1) is 17.9 Å². The summed E-state index contributed by atoms with van der Waals surface area (Å²) in [6.07, 6.45) is 0.868. The van der Waals surface area contributed by atoms with Gasteiger partial charge in [0.25, 0.3) is 11.8 Å². The molecular weight excluding hydrogens is 436 g/mol. The van der Waals surface area contributed by atoms with E-state index < -0.39 is 5.91 Å². The summed E-state index contributed by atoms with van der Waals surface area (Å²) in [5.74, 6) is -0.126. The van der Waals surface area contributed by atoms with Gasteiger partial charge < -0.3 is 10.1 Å². The van der Waals surface area contributed by atoms with Crippen molar-refractivity contribution in [2.24, 2.45) is 0 Å². The van der Waals surface area contributed by atoms with Gasteiger partial charge in [-0.1, -0.05) is 75.7 Å². The molecule has 0 spiro atoms. The van der Waals surface area contributed by atoms with Crippen LogP contribution in [0.5, 0.6) is 5.75 Å². The molecule has 1 N–H and O–H groups in total. The first-order chi connectivity index (χ1) is 16.7. The van der Waals surface area contributed by atoms with E-state index in [0.29, 0.717) is 29.2 Å². The Morgan fingerprint density at radius 2 is 1.57 bits per heavy atom. The van der Waals surface area contributed by atoms with Crippen molar-refractivity contribution in [1.82, 2.24) is 0 Å². The van der Waals surface area contributed by atoms with Gasteiger partial charge in [-0.3, -0.25) is 9.59 Å². The van der Waals surface area contributed by atoms with Gasteiger partial charge >= 0.3 is 0 Å². The van der Waals surface area contributed by atoms with Crippen LogP contribution in [0.15, 0.2) is 78.5 Å². The lowest BCUT2D eigenvalue weighted by molar-refractivity contribution is -0.120. The maximum atomic E-state index is 13.7. The monoisotopic (exact) mass is 468 g/mol. The molecule has 0 unspecified atom stereocenters. The van der Waals surface area contributed by atoms with Gasteiger partial charge in [-0.2, -0.15) is 0 Å². The highest BCUT2D eigenvalue weighted by atomic mass is 16.5. The molecule has 5 heteroatoms. The van der Waals surface area contributed by atoms with Crippen LogP contribution in [0.25, 0.3) is 5.57 Å². The van der Waals surface area contributed by atoms with Gasteiger partial charge in [0, 0.05) is 11.8 Å². The molecule has 0 bridgehead atoms. The minimum Gasteiger partial charge on any atom is -0.494 e. The Kier molecular flexibility index (Phi) is 6.79. The highest BCUT2D eigenvalue weighted by molar-refractivity contribution is 6.46. The average molecular weight is 469 g/mol. The van der Waals surface area contributed by atoms with E-state index in [1.54, 1.807) is 18.2 Å². The summed E-state index contributed by atoms with van der Waals surface area (Å²) in [6.45, 7) is 11.1. The van der Waals surface area contributed by atoms with Crippen molar-refractivity contribution >= 4 is 28.8 Å². The zero-order chi connectivity index (χ0) is 25.2. The van der Waals surface area contributed by atoms with Crippen molar-refractivity contribution in [1.29, 1.82) is 0 Å². The fourth-order valence-electron chi connectivity index (χ4n) is 4.00. The number of carbonyl (C=O) groups excluding carboxylic acids is 2. The Hall–Kier alpha value is -3.86. The van der Waals surface area contributed by atoms with Crippen LogP contribution in [-0.2, 0) is 15.0 Å². The van der Waals surface area contributed by atoms with E-state index >= 15 is 0 Å². The zero-order valence-electron chi connectivity index (χ0n) is 21.0. The number of amides is 2. The average Bonchev–Trinajstić information content (AvgIpc) is 3.07. The molecule has 5 nitrogen and oxygen atoms in total. The molecule has 0 saturated carbocycles. The SMILES string of the molecule is CCCOc1cccc(N2C(=O)C(Nc3ccc(C(C)(C)C)cc3)=C(c3ccc(C)cc3)C2=O)c1. The van der Waals surface area contributed by atoms with Gasteiger partial charge in [0.15, 0.2) is 0 Å². The molecule has 0 atom stereocenters. The van der Waals surface area contributed by atoms with Crippen molar-refractivity contribution in [2.45, 2.75) is 46.5 Å². The number of hydrogen-bond acceptors (Lipinski definition) is 4. The fraction of sp³-hybridized carbons (Fsp3) is 0.267. The molecule has 1 aliphatic heterocycles. The first kappa shape index (κ1) is 24.3. The van der Waals surface area contributed by atoms with Crippen molar-refractivity contribution in [3.05, 3.63) is 95.2 Å². The topological polar surface area (TPSA) is 58.6 Å². The molecule has 0 aliphatic carbocycles. The normalized spacial score (nSPS) is 14.0. The van der Waals surface area contributed by atoms with E-state index in [1.807, 2.05) is 68.4 Å². The molecule has 0 radical (unpaired) electrons. The third-order valence-corrected chi connectivity index (χ3v) is 5.99. The minimum atomic E-state index is -0.391. The lowest BCUT2D eigenvalue weighted by Gasteiger charge is -2.19. The number of aryl methyl sites for hydroxylation is 1. The van der Waals surface area contributed by atoms with Crippen LogP contribution >= 0.6 is 0 Å². The smallest absolute Gasteiger partial charge is 0.282 e. The largest absolute Gasteiger partial charge is 0.494 e. The molecular formula is C30H32N2O3. The number of carbonyl (C=O) groups is 2. The molecule has 1 heterocycles. The Labute approximate surface area is 207 Å². The highest BCUT2D eigenvalue weighted by Crippen LogP contribution is 2.35. The van der Waals surface area contributed by atoms with Crippen molar-refractivity contribution in [2.75, 3.05) is 16.8 Å². The van der Waals surface area contributed by atoms with Crippen LogP contribution in [0, 0.1) is 6.92 Å². The third kappa shape index (κ3) is 5.14. The second kappa shape index (κ2) is 9.79. The van der Waals surface area contributed by atoms with Gasteiger partial charge in [0.1, 0.15) is 11.4 Å². The second-order valence-corrected chi connectivity index (χ2v) is 9.86. The number of hydrogen-bond donors (Lipinski definition) is 1. The Morgan fingerprint density at radius 1 is 0.886 bits per heavy atom. The quantitative estimate of drug-likeness (QED) is 0.403. The summed E-state index contributed by atoms with van der Waals surface area (Å²) in [4.78, 5) is 28.6. The number of rotatable bonds is 7. The van der Waals surface area contributed by atoms with Crippen LogP contribution < -0.4 is 15.0 Å². The number of ether oxygens (including phenoxy) is 1. The van der Waals surface area contributed by atoms with E-state index in [2.05, 4.69) is 26.1 Å². The maximum Gasteiger partial charge on any atom is 0.282 e. The molecule has 35 heavy (non-hydrogen) atoms. The summed E-state index contributed by atoms with van der Waals surface area (Å²) in [5.41, 5.74) is 4.84. The number of nitrogens with one attached hydrogen (secondary N) is 1. The van der Waals surface area contributed by atoms with Crippen LogP contribution in [-0.4, -0.2) is 18.4 Å². The van der Waals surface area contributed by atoms with Gasteiger partial charge in [0.2, 0.25) is 0 Å². The van der Waals surface area contributed by atoms with Crippen molar-refractivity contribution in [3.63, 3.8) is 0 Å². The summed E-state index contributed by atoms with van der Waals surface area (Å²) in [6, 6.07) is 22.7. The number of anilines is 2. The van der Waals surface area contributed by atoms with E-state index in [4.69, 9.17) is 4.74 Å². The predicted octanol–water partition coefficient (Wildman–Crippen LogP) is 6.48. The lowest BCUT2D eigenvalue weighted by Crippen LogP contribution is -2.32. The predicted molar refractivity (Wildman–Crippen MR) is 142 cm³/mol. The summed E-state index contributed by atoms with van der Waals surface area (Å²) < 4.78 is 5.73. The highest BCUT2D eigenvalue weighted by Gasteiger charge is 2.40. The fourth-order valence-corrected chi connectivity index (χ4v) is 4.00. The molecule has 3 aromatic rings. The summed E-state index contributed by atoms with van der Waals surface area (Å²) in [5, 5.41) is 3.25. The molecule has 0 aromatic heterocycles. The Morgan fingerprint density at radius 3 is 2.20 bits per heavy atom. The van der Waals surface area contributed by atoms with Crippen LogP contribution in [0.4, 0.5) is 11.4 Å². The van der Waals surface area contributed by atoms with E-state index in [0.717, 1.165) is 17.7 Å². The molecule has 0 saturated heterocycles. The van der Waals surface area contributed by atoms with Crippen LogP contribution in [0.1, 0.15) is 50.8 Å². The molecule has 2 amide bonds. The molecule has 180 valence electrons. The second-order valence-electron chi connectivity index (χ2n) is 9.86. The standard InChI is InChI=1S/C30H32N2O3/c1-6-18-35-25-9-7-8-24(19-25)32-28(33)26(21-12-10-20(2)11-13-21)27(29(32)34)31-23-16-14-22(15-17-23)30(3,4)5/h7-17,19,31H,6,18H2,1-5H3. The van der Waals surface area contributed by atoms with Crippen molar-refractivity contribution < 1.29 is 14.3 Å². The summed E-state index contributed by atoms with van der Waals surface area (Å²) in [7, 11) is 0. The lowest BCUT2D eigenvalue weighted by atomic mass is 9.87.